The number of benzene rings is 1. The number of aromatic hydroxyl groups is 1. The van der Waals surface area contributed by atoms with Crippen molar-refractivity contribution < 1.29 is 5.11 Å². The molecule has 1 aromatic rings. The first-order chi connectivity index (χ1) is 8.27. The lowest BCUT2D eigenvalue weighted by Gasteiger charge is -2.42. The van der Waals surface area contributed by atoms with Gasteiger partial charge in [-0.05, 0) is 49.7 Å². The van der Waals surface area contributed by atoms with Crippen molar-refractivity contribution in [3.05, 3.63) is 28.8 Å². The molecular weight excluding hydrogens is 210 g/mol. The van der Waals surface area contributed by atoms with Crippen molar-refractivity contribution in [3.8, 4) is 5.75 Å². The van der Waals surface area contributed by atoms with E-state index in [-0.39, 0.29) is 5.41 Å². The van der Waals surface area contributed by atoms with Crippen LogP contribution in [0, 0.1) is 0 Å². The predicted octanol–water partition coefficient (Wildman–Crippen LogP) is 2.65. The average Bonchev–Trinajstić information content (AvgIpc) is 2.31. The molecule has 2 aliphatic carbocycles. The fourth-order valence-electron chi connectivity index (χ4n) is 3.42. The van der Waals surface area contributed by atoms with Gasteiger partial charge in [0, 0.05) is 17.5 Å². The minimum Gasteiger partial charge on any atom is -0.507 e. The standard InChI is InChI=1S/C15H21NO/c16-10-15(8-3-9-15)13-7-6-11-4-1-2-5-12(11)14(13)17/h6-7,17H,1-5,8-10,16H2. The number of aryl methyl sites for hydroxylation is 1. The maximum atomic E-state index is 10.5. The molecule has 0 saturated heterocycles. The van der Waals surface area contributed by atoms with Gasteiger partial charge >= 0.3 is 0 Å². The Labute approximate surface area is 103 Å². The van der Waals surface area contributed by atoms with E-state index in [1.165, 1.54) is 30.4 Å². The van der Waals surface area contributed by atoms with Crippen molar-refractivity contribution in [2.24, 2.45) is 5.73 Å². The number of hydrogen-bond acceptors (Lipinski definition) is 2. The number of rotatable bonds is 2. The number of fused-ring (bicyclic) bond motifs is 1. The highest BCUT2D eigenvalue weighted by molar-refractivity contribution is 5.51. The summed E-state index contributed by atoms with van der Waals surface area (Å²) in [6.07, 6.45) is 8.14. The first kappa shape index (κ1) is 11.1. The average molecular weight is 231 g/mol. The van der Waals surface area contributed by atoms with Crippen molar-refractivity contribution in [2.75, 3.05) is 6.54 Å². The van der Waals surface area contributed by atoms with Gasteiger partial charge in [-0.1, -0.05) is 18.6 Å². The normalized spacial score (nSPS) is 21.7. The largest absolute Gasteiger partial charge is 0.507 e. The molecular formula is C15H21NO. The van der Waals surface area contributed by atoms with E-state index >= 15 is 0 Å². The van der Waals surface area contributed by atoms with Crippen LogP contribution in [0.2, 0.25) is 0 Å². The van der Waals surface area contributed by atoms with E-state index in [4.69, 9.17) is 5.73 Å². The Balaban J connectivity index is 2.06. The Morgan fingerprint density at radius 1 is 1.12 bits per heavy atom. The molecule has 3 N–H and O–H groups in total. The van der Waals surface area contributed by atoms with Crippen LogP contribution in [0.3, 0.4) is 0 Å². The van der Waals surface area contributed by atoms with Gasteiger partial charge in [-0.15, -0.1) is 0 Å². The smallest absolute Gasteiger partial charge is 0.122 e. The summed E-state index contributed by atoms with van der Waals surface area (Å²) in [6.45, 7) is 0.666. The van der Waals surface area contributed by atoms with E-state index in [1.807, 2.05) is 0 Å². The van der Waals surface area contributed by atoms with Gasteiger partial charge in [-0.25, -0.2) is 0 Å². The summed E-state index contributed by atoms with van der Waals surface area (Å²) in [5, 5.41) is 10.5. The van der Waals surface area contributed by atoms with E-state index in [0.29, 0.717) is 12.3 Å². The molecule has 0 unspecified atom stereocenters. The van der Waals surface area contributed by atoms with E-state index < -0.39 is 0 Å². The molecule has 0 radical (unpaired) electrons. The minimum atomic E-state index is 0.0799. The number of hydrogen-bond donors (Lipinski definition) is 2. The van der Waals surface area contributed by atoms with Crippen molar-refractivity contribution in [1.29, 1.82) is 0 Å². The summed E-state index contributed by atoms with van der Waals surface area (Å²) < 4.78 is 0. The Morgan fingerprint density at radius 2 is 1.88 bits per heavy atom. The van der Waals surface area contributed by atoms with Crippen LogP contribution in [-0.4, -0.2) is 11.7 Å². The summed E-state index contributed by atoms with van der Waals surface area (Å²) in [5.41, 5.74) is 9.69. The first-order valence-electron chi connectivity index (χ1n) is 6.81. The number of phenolic OH excluding ortho intramolecular Hbond substituents is 1. The Morgan fingerprint density at radius 3 is 2.53 bits per heavy atom. The summed E-state index contributed by atoms with van der Waals surface area (Å²) in [4.78, 5) is 0. The fourth-order valence-corrected chi connectivity index (χ4v) is 3.42. The highest BCUT2D eigenvalue weighted by Gasteiger charge is 2.39. The van der Waals surface area contributed by atoms with Crippen LogP contribution in [0.15, 0.2) is 12.1 Å². The third-order valence-corrected chi connectivity index (χ3v) is 4.78. The van der Waals surface area contributed by atoms with Crippen molar-refractivity contribution in [1.82, 2.24) is 0 Å². The zero-order chi connectivity index (χ0) is 11.9. The number of phenols is 1. The van der Waals surface area contributed by atoms with Crippen molar-refractivity contribution >= 4 is 0 Å². The quantitative estimate of drug-likeness (QED) is 0.822. The predicted molar refractivity (Wildman–Crippen MR) is 69.3 cm³/mol. The summed E-state index contributed by atoms with van der Waals surface area (Å²) in [5.74, 6) is 0.562. The maximum Gasteiger partial charge on any atom is 0.122 e. The van der Waals surface area contributed by atoms with Crippen molar-refractivity contribution in [3.63, 3.8) is 0 Å². The Bertz CT molecular complexity index is 429. The summed E-state index contributed by atoms with van der Waals surface area (Å²) in [7, 11) is 0. The van der Waals surface area contributed by atoms with Crippen LogP contribution in [0.5, 0.6) is 5.75 Å². The third kappa shape index (κ3) is 1.58. The molecule has 0 bridgehead atoms. The highest BCUT2D eigenvalue weighted by Crippen LogP contribution is 2.48. The van der Waals surface area contributed by atoms with E-state index in [2.05, 4.69) is 12.1 Å². The van der Waals surface area contributed by atoms with Gasteiger partial charge in [0.15, 0.2) is 0 Å². The van der Waals surface area contributed by atoms with Gasteiger partial charge in [0.05, 0.1) is 0 Å². The minimum absolute atomic E-state index is 0.0799. The second-order valence-corrected chi connectivity index (χ2v) is 5.64. The van der Waals surface area contributed by atoms with Gasteiger partial charge in [-0.3, -0.25) is 0 Å². The molecule has 0 aliphatic heterocycles. The Kier molecular flexibility index (Phi) is 2.62. The summed E-state index contributed by atoms with van der Waals surface area (Å²) in [6, 6.07) is 4.35. The molecule has 3 rings (SSSR count). The van der Waals surface area contributed by atoms with Gasteiger partial charge in [-0.2, -0.15) is 0 Å². The molecule has 0 aromatic heterocycles. The van der Waals surface area contributed by atoms with E-state index in [9.17, 15) is 5.11 Å². The first-order valence-corrected chi connectivity index (χ1v) is 6.81. The van der Waals surface area contributed by atoms with Crippen LogP contribution in [-0.2, 0) is 18.3 Å². The monoisotopic (exact) mass is 231 g/mol. The molecule has 1 saturated carbocycles. The van der Waals surface area contributed by atoms with E-state index in [1.54, 1.807) is 0 Å². The zero-order valence-electron chi connectivity index (χ0n) is 10.3. The molecule has 0 atom stereocenters. The lowest BCUT2D eigenvalue weighted by atomic mass is 9.63. The molecule has 2 nitrogen and oxygen atoms in total. The zero-order valence-corrected chi connectivity index (χ0v) is 10.3. The van der Waals surface area contributed by atoms with Gasteiger partial charge in [0.25, 0.3) is 0 Å². The second kappa shape index (κ2) is 4.02. The molecule has 0 amide bonds. The Hall–Kier alpha value is -1.02. The maximum absolute atomic E-state index is 10.5. The molecule has 17 heavy (non-hydrogen) atoms. The molecule has 1 aromatic carbocycles. The van der Waals surface area contributed by atoms with Crippen LogP contribution < -0.4 is 5.73 Å². The lowest BCUT2D eigenvalue weighted by molar-refractivity contribution is 0.244. The van der Waals surface area contributed by atoms with Gasteiger partial charge in [0.1, 0.15) is 5.75 Å². The number of nitrogens with two attached hydrogens (primary N) is 1. The van der Waals surface area contributed by atoms with Crippen molar-refractivity contribution in [2.45, 2.75) is 50.4 Å². The highest BCUT2D eigenvalue weighted by atomic mass is 16.3. The molecule has 1 fully saturated rings. The molecule has 0 spiro atoms. The topological polar surface area (TPSA) is 46.2 Å². The van der Waals surface area contributed by atoms with E-state index in [0.717, 1.165) is 31.2 Å². The lowest BCUT2D eigenvalue weighted by Crippen LogP contribution is -2.41. The van der Waals surface area contributed by atoms with Crippen LogP contribution in [0.4, 0.5) is 0 Å². The van der Waals surface area contributed by atoms with Crippen LogP contribution in [0.1, 0.15) is 48.8 Å². The van der Waals surface area contributed by atoms with Crippen LogP contribution in [0.25, 0.3) is 0 Å². The molecule has 2 aliphatic rings. The second-order valence-electron chi connectivity index (χ2n) is 5.64. The van der Waals surface area contributed by atoms with Crippen LogP contribution >= 0.6 is 0 Å². The summed E-state index contributed by atoms with van der Waals surface area (Å²) >= 11 is 0. The fraction of sp³-hybridized carbons (Fsp3) is 0.600. The molecule has 92 valence electrons. The SMILES string of the molecule is NCC1(c2ccc3c(c2O)CCCC3)CCC1. The van der Waals surface area contributed by atoms with Gasteiger partial charge < -0.3 is 10.8 Å². The van der Waals surface area contributed by atoms with Gasteiger partial charge in [0.2, 0.25) is 0 Å². The third-order valence-electron chi connectivity index (χ3n) is 4.78. The molecule has 0 heterocycles. The molecule has 2 heteroatoms.